The van der Waals surface area contributed by atoms with Crippen molar-refractivity contribution in [1.82, 2.24) is 9.97 Å². The highest BCUT2D eigenvalue weighted by Crippen LogP contribution is 2.28. The van der Waals surface area contributed by atoms with Gasteiger partial charge in [-0.15, -0.1) is 22.7 Å². The van der Waals surface area contributed by atoms with E-state index in [1.165, 1.54) is 17.4 Å². The van der Waals surface area contributed by atoms with Crippen LogP contribution in [-0.4, -0.2) is 22.5 Å². The minimum Gasteiger partial charge on any atom is -0.463 e. The molecule has 20 heavy (non-hydrogen) atoms. The highest BCUT2D eigenvalue weighted by molar-refractivity contribution is 7.14. The normalized spacial score (nSPS) is 11.4. The summed E-state index contributed by atoms with van der Waals surface area (Å²) < 4.78 is 4.82. The van der Waals surface area contributed by atoms with E-state index < -0.39 is 0 Å². The molecule has 0 fully saturated rings. The van der Waals surface area contributed by atoms with Crippen molar-refractivity contribution < 1.29 is 9.53 Å². The van der Waals surface area contributed by atoms with Crippen molar-refractivity contribution in [3.63, 3.8) is 0 Å². The maximum absolute atomic E-state index is 11.2. The average Bonchev–Trinajstić information content (AvgIpc) is 3.05. The van der Waals surface area contributed by atoms with Crippen molar-refractivity contribution in [3.8, 4) is 10.7 Å². The Morgan fingerprint density at radius 2 is 2.15 bits per heavy atom. The predicted molar refractivity (Wildman–Crippen MR) is 83.0 cm³/mol. The second-order valence-electron chi connectivity index (χ2n) is 4.39. The monoisotopic (exact) mass is 308 g/mol. The van der Waals surface area contributed by atoms with Crippen LogP contribution in [0.5, 0.6) is 0 Å². The lowest BCUT2D eigenvalue weighted by atomic mass is 10.2. The molecular weight excluding hydrogens is 292 g/mol. The summed E-state index contributed by atoms with van der Waals surface area (Å²) in [7, 11) is 0. The molecule has 0 unspecified atom stereocenters. The number of thiazole rings is 2. The molecule has 2 rings (SSSR count). The Bertz CT molecular complexity index is 614. The van der Waals surface area contributed by atoms with Gasteiger partial charge in [-0.25, -0.2) is 14.8 Å². The highest BCUT2D eigenvalue weighted by Gasteiger charge is 2.10. The van der Waals surface area contributed by atoms with Crippen molar-refractivity contribution in [1.29, 1.82) is 0 Å². The minimum absolute atomic E-state index is 0.349. The van der Waals surface area contributed by atoms with Crippen LogP contribution >= 0.6 is 22.7 Å². The molecule has 2 aromatic rings. The van der Waals surface area contributed by atoms with Gasteiger partial charge in [0.2, 0.25) is 0 Å². The third-order valence-corrected chi connectivity index (χ3v) is 4.46. The summed E-state index contributed by atoms with van der Waals surface area (Å²) in [5.41, 5.74) is 1.65. The molecule has 0 spiro atoms. The molecule has 4 nitrogen and oxygen atoms in total. The van der Waals surface area contributed by atoms with E-state index in [2.05, 4.69) is 23.8 Å². The number of aromatic nitrogens is 2. The molecule has 0 aliphatic rings. The first kappa shape index (κ1) is 14.9. The average molecular weight is 308 g/mol. The van der Waals surface area contributed by atoms with Crippen LogP contribution in [0.3, 0.4) is 0 Å². The van der Waals surface area contributed by atoms with Gasteiger partial charge in [0.05, 0.1) is 17.3 Å². The van der Waals surface area contributed by atoms with E-state index in [4.69, 9.17) is 4.74 Å². The lowest BCUT2D eigenvalue weighted by Gasteiger charge is -1.95. The molecule has 0 aliphatic heterocycles. The molecule has 106 valence electrons. The largest absolute Gasteiger partial charge is 0.463 e. The van der Waals surface area contributed by atoms with E-state index in [-0.39, 0.29) is 5.97 Å². The lowest BCUT2D eigenvalue weighted by Crippen LogP contribution is -1.98. The van der Waals surface area contributed by atoms with Gasteiger partial charge in [0.25, 0.3) is 0 Å². The fraction of sp³-hybridized carbons (Fsp3) is 0.357. The predicted octanol–water partition coefficient (Wildman–Crippen LogP) is 3.97. The Morgan fingerprint density at radius 1 is 1.35 bits per heavy atom. The third-order valence-electron chi connectivity index (χ3n) is 2.43. The van der Waals surface area contributed by atoms with Crippen LogP contribution in [0.4, 0.5) is 0 Å². The number of carbonyl (C=O) groups is 1. The Balaban J connectivity index is 2.10. The molecule has 0 N–H and O–H groups in total. The zero-order chi connectivity index (χ0) is 14.5. The van der Waals surface area contributed by atoms with Gasteiger partial charge in [0, 0.05) is 22.8 Å². The summed E-state index contributed by atoms with van der Waals surface area (Å²) in [5, 5.41) is 5.90. The number of carbonyl (C=O) groups excluding carboxylic acids is 1. The smallest absolute Gasteiger partial charge is 0.330 e. The van der Waals surface area contributed by atoms with Crippen LogP contribution in [0.2, 0.25) is 0 Å². The Hall–Kier alpha value is -1.53. The van der Waals surface area contributed by atoms with Crippen LogP contribution < -0.4 is 0 Å². The van der Waals surface area contributed by atoms with Crippen LogP contribution in [0.15, 0.2) is 16.8 Å². The quantitative estimate of drug-likeness (QED) is 0.619. The molecule has 0 aromatic carbocycles. The summed E-state index contributed by atoms with van der Waals surface area (Å²) >= 11 is 3.17. The molecule has 0 saturated heterocycles. The van der Waals surface area contributed by atoms with Gasteiger partial charge in [-0.2, -0.15) is 0 Å². The molecule has 0 amide bonds. The first-order valence-electron chi connectivity index (χ1n) is 6.36. The summed E-state index contributed by atoms with van der Waals surface area (Å²) in [6.45, 7) is 6.40. The zero-order valence-electron chi connectivity index (χ0n) is 11.6. The number of ether oxygens (including phenoxy) is 1. The fourth-order valence-corrected chi connectivity index (χ4v) is 3.12. The van der Waals surface area contributed by atoms with E-state index in [0.29, 0.717) is 12.5 Å². The molecule has 2 aromatic heterocycles. The van der Waals surface area contributed by atoms with Crippen molar-refractivity contribution >= 4 is 34.7 Å². The van der Waals surface area contributed by atoms with E-state index in [1.807, 2.05) is 10.8 Å². The third kappa shape index (κ3) is 3.74. The van der Waals surface area contributed by atoms with Gasteiger partial charge in [0.15, 0.2) is 0 Å². The Morgan fingerprint density at radius 3 is 2.80 bits per heavy atom. The maximum Gasteiger partial charge on any atom is 0.330 e. The lowest BCUT2D eigenvalue weighted by molar-refractivity contribution is -0.137. The summed E-state index contributed by atoms with van der Waals surface area (Å²) in [6, 6.07) is 0. The van der Waals surface area contributed by atoms with Crippen LogP contribution in [-0.2, 0) is 9.53 Å². The summed E-state index contributed by atoms with van der Waals surface area (Å²) in [5.74, 6) is 0.0784. The molecule has 2 heterocycles. The van der Waals surface area contributed by atoms with E-state index in [9.17, 15) is 4.79 Å². The first-order valence-corrected chi connectivity index (χ1v) is 8.12. The number of hydrogen-bond acceptors (Lipinski definition) is 6. The highest BCUT2D eigenvalue weighted by atomic mass is 32.1. The Labute approximate surface area is 126 Å². The summed E-state index contributed by atoms with van der Waals surface area (Å²) in [4.78, 5) is 20.2. The van der Waals surface area contributed by atoms with Gasteiger partial charge >= 0.3 is 5.97 Å². The summed E-state index contributed by atoms with van der Waals surface area (Å²) in [6.07, 6.45) is 3.05. The van der Waals surface area contributed by atoms with Gasteiger partial charge in [-0.05, 0) is 13.0 Å². The molecule has 0 saturated carbocycles. The van der Waals surface area contributed by atoms with Gasteiger partial charge in [-0.1, -0.05) is 13.8 Å². The van der Waals surface area contributed by atoms with Gasteiger partial charge in [0.1, 0.15) is 10.7 Å². The van der Waals surface area contributed by atoms with Crippen LogP contribution in [0, 0.1) is 0 Å². The second-order valence-corrected chi connectivity index (χ2v) is 6.14. The number of nitrogens with zero attached hydrogens (tertiary/aromatic N) is 2. The van der Waals surface area contributed by atoms with E-state index in [0.717, 1.165) is 21.4 Å². The van der Waals surface area contributed by atoms with Crippen molar-refractivity contribution in [2.75, 3.05) is 6.61 Å². The SMILES string of the molecule is CCOC(=O)/C=C/c1csc(-c2csc(C(C)C)n2)n1. The fourth-order valence-electron chi connectivity index (χ4n) is 1.48. The van der Waals surface area contributed by atoms with Crippen LogP contribution in [0.25, 0.3) is 16.8 Å². The number of rotatable bonds is 5. The number of esters is 1. The number of hydrogen-bond donors (Lipinski definition) is 0. The van der Waals surface area contributed by atoms with Crippen molar-refractivity contribution in [2.24, 2.45) is 0 Å². The topological polar surface area (TPSA) is 52.1 Å². The van der Waals surface area contributed by atoms with Crippen molar-refractivity contribution in [3.05, 3.63) is 27.5 Å². The molecule has 6 heteroatoms. The Kier molecular flexibility index (Phi) is 5.03. The zero-order valence-corrected chi connectivity index (χ0v) is 13.3. The molecule has 0 radical (unpaired) electrons. The first-order chi connectivity index (χ1) is 9.60. The molecule has 0 aliphatic carbocycles. The van der Waals surface area contributed by atoms with Gasteiger partial charge in [-0.3, -0.25) is 0 Å². The molecular formula is C14H16N2O2S2. The van der Waals surface area contributed by atoms with Gasteiger partial charge < -0.3 is 4.74 Å². The minimum atomic E-state index is -0.349. The van der Waals surface area contributed by atoms with E-state index >= 15 is 0 Å². The molecule has 0 atom stereocenters. The second kappa shape index (κ2) is 6.76. The van der Waals surface area contributed by atoms with Crippen LogP contribution in [0.1, 0.15) is 37.4 Å². The van der Waals surface area contributed by atoms with E-state index in [1.54, 1.807) is 24.3 Å². The maximum atomic E-state index is 11.2. The molecule has 0 bridgehead atoms. The van der Waals surface area contributed by atoms with Crippen molar-refractivity contribution in [2.45, 2.75) is 26.7 Å². The standard InChI is InChI=1S/C14H16N2O2S2/c1-4-18-12(17)6-5-10-7-19-14(15-10)11-8-20-13(16-11)9(2)3/h5-9H,4H2,1-3H3/b6-5+.